The first-order chi connectivity index (χ1) is 63.2. The highest BCUT2D eigenvalue weighted by Gasteiger charge is 2.35. The molecule has 55 nitrogen and oxygen atoms in total. The number of aliphatic hydroxyl groups is 26. The van der Waals surface area contributed by atoms with E-state index in [9.17, 15) is 32.1 Å². The van der Waals surface area contributed by atoms with Crippen molar-refractivity contribution in [3.05, 3.63) is 0 Å². The number of hydrogen-bond donors (Lipinski definition) is 31. The third kappa shape index (κ3) is 143. The van der Waals surface area contributed by atoms with Crippen LogP contribution in [0.4, 0.5) is 4.79 Å². The average Bonchev–Trinajstić information content (AvgIpc) is 1.72. The first-order valence-electron chi connectivity index (χ1n) is 41.8. The van der Waals surface area contributed by atoms with Crippen LogP contribution in [-0.2, 0) is 100 Å². The number of urea groups is 1. The van der Waals surface area contributed by atoms with Crippen LogP contribution in [0.1, 0.15) is 68.7 Å². The quantitative estimate of drug-likeness (QED) is 0.00888. The van der Waals surface area contributed by atoms with E-state index >= 15 is 0 Å². The van der Waals surface area contributed by atoms with Crippen molar-refractivity contribution >= 4 is 33.9 Å². The van der Waals surface area contributed by atoms with Gasteiger partial charge in [-0.25, -0.2) is 13.2 Å². The monoisotopic (exact) mass is 2050 g/mol. The Morgan fingerprint density at radius 3 is 1.03 bits per heavy atom. The van der Waals surface area contributed by atoms with Gasteiger partial charge in [0, 0.05) is 125 Å². The highest BCUT2D eigenvalue weighted by Crippen LogP contribution is 2.23. The number of aliphatic hydroxyl groups excluding tert-OH is 25. The molecule has 0 saturated carbocycles. The molecule has 0 bridgehead atoms. The highest BCUT2D eigenvalue weighted by molar-refractivity contribution is 7.85. The minimum Gasteiger partial charge on any atom is -0.748 e. The summed E-state index contributed by atoms with van der Waals surface area (Å²) in [4.78, 5) is 39.6. The average molecular weight is 2050 g/mol. The lowest BCUT2D eigenvalue weighted by molar-refractivity contribution is -0.870. The van der Waals surface area contributed by atoms with Gasteiger partial charge in [-0.3, -0.25) is 14.4 Å². The molecule has 838 valence electrons. The zero-order valence-electron chi connectivity index (χ0n) is 85.3. The molecule has 13 atom stereocenters. The number of primary amides is 1. The number of epoxide rings is 2. The molecule has 0 spiro atoms. The SMILES string of the molecule is CC(O)CO.CC1CO1.CC1COC(C)(C)O1.CNC(=O)[C@@H](O)[C@H](O)[C@@H](O)[C@@H](O)CO.CNC(C)=O.CNC(N)=O.CNCC(CO)(CO)CO.CO.COC(C)=O.COC(CO)CO.COCC(CO)(CO)CO.COCC(O)C(O)CO.COCC(O)C(O)O.COCC(O)CO.COCC1CO1.COCC1COC(C)(C)O1.COCCO.COCCO.C[N+](C)(C)CCCS(=O)(=O)[O-]. The Morgan fingerprint density at radius 1 is 0.500 bits per heavy atom. The van der Waals surface area contributed by atoms with Crippen LogP contribution in [0, 0.1) is 10.8 Å². The molecule has 4 saturated heterocycles. The molecule has 0 aliphatic carbocycles. The number of carbonyl (C=O) groups excluding carboxylic acids is 4. The fourth-order valence-electron chi connectivity index (χ4n) is 6.47. The minimum absolute atomic E-state index is 0.00463. The fourth-order valence-corrected chi connectivity index (χ4v) is 6.95. The van der Waals surface area contributed by atoms with E-state index in [0.717, 1.165) is 33.5 Å². The van der Waals surface area contributed by atoms with Crippen molar-refractivity contribution in [2.75, 3.05) is 318 Å². The summed E-state index contributed by atoms with van der Waals surface area (Å²) in [5.74, 6) is -2.12. The zero-order valence-corrected chi connectivity index (χ0v) is 86.1. The van der Waals surface area contributed by atoms with Crippen molar-refractivity contribution in [3.63, 3.8) is 0 Å². The van der Waals surface area contributed by atoms with Gasteiger partial charge in [0.05, 0.1) is 246 Å². The predicted molar refractivity (Wildman–Crippen MR) is 493 cm³/mol. The van der Waals surface area contributed by atoms with Gasteiger partial charge in [-0.15, -0.1) is 0 Å². The van der Waals surface area contributed by atoms with Crippen LogP contribution in [0.2, 0.25) is 0 Å². The summed E-state index contributed by atoms with van der Waals surface area (Å²) in [6, 6.07) is -0.495. The Balaban J connectivity index is -0.0000000883. The molecular weight excluding hydrogens is 1860 g/mol. The predicted octanol–water partition coefficient (Wildman–Crippen LogP) is -13.0. The number of rotatable bonds is 41. The van der Waals surface area contributed by atoms with E-state index in [1.54, 1.807) is 42.5 Å². The maximum Gasteiger partial charge on any atom is 0.311 e. The topological polar surface area (TPSA) is 880 Å². The standard InChI is InChI=1S/C7H15NO6.C7H14O3.C6H15NO3S.C6H15NO3.C6H14O4.C6H12O2.C5H12O4.C4H10O4.2C4H10O3.C4H8O2.C3H7NO.2C3H8O2.C3H6O2.C3H8O2.C3H6O.C2H6N2O.CH4O/c1-8-7(14)6(13)5(12)4(11)3(10)2-9;1-7(2)9-5-6(10-7)4-8-3;1-7(2,3)5-4-6-11(8,9)10;1-7-2-6(3-8,4-9)5-10;1-10-5-6(2-7,3-8)4-9;1-5-4-7-6(2,3)8-5;1-9-3-5(8)4(7)2-6;1-8-2-3(5)4(6)7;1-7-3-4(6)2-5;1-7-4(2-5)3-6;1-5-2-4-3-6-4;1-3(5)4-2;2*1-5-3-2-4;1-3(4)5-2;1-3(5)2-4;1-3-2-4-3;1-4-2(3)5;1-2/h3-6,9-13H,2H2,1H3,(H,8,14);6H,4-5H2,1-3H3;4-6H2,1-3H3;7-10H,2-5H2,1H3;7-9H,2-5H2,1H3;5H,4H2,1-3H3;4-8H,2-3H2,1H3;3-7H,2H2,1H3;2*4-6H,2-3H2,1H3;4H,2-3H2,1H3;1-2H3,(H,4,5);2*4H,2-3H2,1H3;1-2H3;3-5H,2H2,1H3;3H,2H2,1H3;1H3,(H3,3,4,5);2H,1H3/t3-,4-,5+,6-;;;;;;;;;;;;;;;;;;/m0................../s1. The second-order valence-electron chi connectivity index (χ2n) is 29.7. The number of methoxy groups -OCH3 is 10. The molecule has 0 aromatic carbocycles. The van der Waals surface area contributed by atoms with Crippen LogP contribution in [0.25, 0.3) is 0 Å². The van der Waals surface area contributed by atoms with Crippen molar-refractivity contribution < 1.29 is 245 Å². The third-order valence-electron chi connectivity index (χ3n) is 14.5. The Labute approximate surface area is 804 Å². The molecule has 4 fully saturated rings. The van der Waals surface area contributed by atoms with E-state index in [1.165, 1.54) is 77.5 Å². The molecule has 32 N–H and O–H groups in total. The summed E-state index contributed by atoms with van der Waals surface area (Å²) in [6.07, 6.45) is -11.9. The van der Waals surface area contributed by atoms with Gasteiger partial charge < -0.3 is 245 Å². The maximum absolute atomic E-state index is 10.8. The Morgan fingerprint density at radius 2 is 0.875 bits per heavy atom. The van der Waals surface area contributed by atoms with Crippen LogP contribution in [0.3, 0.4) is 0 Å². The zero-order chi connectivity index (χ0) is 110. The van der Waals surface area contributed by atoms with E-state index in [4.69, 9.17) is 175 Å². The van der Waals surface area contributed by atoms with Gasteiger partial charge in [0.15, 0.2) is 24.0 Å². The number of quaternary nitrogens is 1. The number of likely N-dealkylation sites (N-methyl/N-ethyl adjacent to an activating group) is 1. The number of nitrogens with two attached hydrogens (primary N) is 1. The van der Waals surface area contributed by atoms with E-state index in [1.807, 2.05) is 55.8 Å². The van der Waals surface area contributed by atoms with Crippen molar-refractivity contribution in [2.24, 2.45) is 16.6 Å². The van der Waals surface area contributed by atoms with Crippen molar-refractivity contribution in [1.29, 1.82) is 0 Å². The van der Waals surface area contributed by atoms with Crippen LogP contribution in [-0.4, -0.2) is 596 Å². The Hall–Kier alpha value is -4.13. The summed E-state index contributed by atoms with van der Waals surface area (Å²) in [5.41, 5.74) is 2.89. The first-order valence-corrected chi connectivity index (χ1v) is 43.3. The van der Waals surface area contributed by atoms with Crippen molar-refractivity contribution in [3.8, 4) is 0 Å². The Kier molecular flexibility index (Phi) is 139. The molecule has 0 aromatic heterocycles. The number of esters is 1. The van der Waals surface area contributed by atoms with Crippen LogP contribution in [0.15, 0.2) is 0 Å². The smallest absolute Gasteiger partial charge is 0.311 e. The number of nitrogens with one attached hydrogen (secondary N) is 4. The second kappa shape index (κ2) is 114. The van der Waals surface area contributed by atoms with E-state index < -0.39 is 119 Å². The number of carbonyl (C=O) groups is 4. The molecule has 4 rings (SSSR count). The van der Waals surface area contributed by atoms with Gasteiger partial charge in [-0.05, 0) is 55.5 Å². The van der Waals surface area contributed by atoms with Crippen LogP contribution < -0.4 is 27.0 Å². The fraction of sp³-hybridized carbons (Fsp3) is 0.950. The maximum atomic E-state index is 10.8. The highest BCUT2D eigenvalue weighted by atomic mass is 32.2. The van der Waals surface area contributed by atoms with Gasteiger partial charge in [-0.1, -0.05) is 0 Å². The van der Waals surface area contributed by atoms with Crippen molar-refractivity contribution in [1.82, 2.24) is 21.3 Å². The van der Waals surface area contributed by atoms with Crippen LogP contribution in [0.5, 0.6) is 0 Å². The van der Waals surface area contributed by atoms with Crippen molar-refractivity contribution in [2.45, 2.75) is 172 Å². The van der Waals surface area contributed by atoms with E-state index in [0.29, 0.717) is 62.6 Å². The second-order valence-corrected chi connectivity index (χ2v) is 31.3. The Bertz CT molecular complexity index is 2410. The molecule has 0 aromatic rings. The number of hydrogen-bond acceptors (Lipinski definition) is 50. The third-order valence-corrected chi connectivity index (χ3v) is 15.3. The normalized spacial score (nSPS) is 17.0. The molecule has 0 radical (unpaired) electrons. The molecule has 136 heavy (non-hydrogen) atoms. The number of amides is 4. The van der Waals surface area contributed by atoms with Gasteiger partial charge in [0.25, 0.3) is 5.91 Å². The van der Waals surface area contributed by atoms with E-state index in [-0.39, 0.29) is 141 Å². The molecule has 4 aliphatic heterocycles. The molecule has 4 amide bonds. The summed E-state index contributed by atoms with van der Waals surface area (Å²) >= 11 is 0. The molecule has 4 aliphatic rings. The molecular formula is C80H188N6O49S. The number of nitrogens with zero attached hydrogens (tertiary/aromatic N) is 1. The lowest BCUT2D eigenvalue weighted by Gasteiger charge is -2.26. The number of ether oxygens (including phenoxy) is 16. The summed E-state index contributed by atoms with van der Waals surface area (Å²) in [7, 11) is 23.8. The summed E-state index contributed by atoms with van der Waals surface area (Å²) in [6.45, 7) is 20.1. The van der Waals surface area contributed by atoms with Gasteiger partial charge in [-0.2, -0.15) is 0 Å². The lowest BCUT2D eigenvalue weighted by atomic mass is 9.91. The summed E-state index contributed by atoms with van der Waals surface area (Å²) in [5, 5.41) is 229. The van der Waals surface area contributed by atoms with Gasteiger partial charge in [0.1, 0.15) is 61.0 Å². The van der Waals surface area contributed by atoms with E-state index in [2.05, 4.69) is 67.1 Å². The minimum atomic E-state index is -4.01. The molecule has 56 heteroatoms. The molecule has 4 heterocycles. The first kappa shape index (κ1) is 165. The summed E-state index contributed by atoms with van der Waals surface area (Å²) < 4.78 is 107. The van der Waals surface area contributed by atoms with Gasteiger partial charge >= 0.3 is 12.0 Å². The molecule has 9 unspecified atom stereocenters. The van der Waals surface area contributed by atoms with Crippen LogP contribution >= 0.6 is 0 Å². The largest absolute Gasteiger partial charge is 0.748 e. The van der Waals surface area contributed by atoms with Gasteiger partial charge in [0.2, 0.25) is 5.91 Å². The lowest BCUT2D eigenvalue weighted by Crippen LogP contribution is -2.51.